The highest BCUT2D eigenvalue weighted by Gasteiger charge is 2.77. The van der Waals surface area contributed by atoms with E-state index < -0.39 is 0 Å². The predicted octanol–water partition coefficient (Wildman–Crippen LogP) is 4.34. The molecule has 0 aromatic heterocycles. The number of fused-ring (bicyclic) bond motifs is 5. The number of azo groups is 1. The minimum atomic E-state index is -0.142. The van der Waals surface area contributed by atoms with E-state index in [4.69, 9.17) is 10.2 Å². The summed E-state index contributed by atoms with van der Waals surface area (Å²) in [6.07, 6.45) is 5.82. The molecule has 0 amide bonds. The van der Waals surface area contributed by atoms with Gasteiger partial charge in [-0.3, -0.25) is 0 Å². The smallest absolute Gasteiger partial charge is 0.121 e. The van der Waals surface area contributed by atoms with Gasteiger partial charge in [0.05, 0.1) is 5.54 Å². The molecule has 0 N–H and O–H groups in total. The molecule has 2 aliphatic carbocycles. The topological polar surface area (TPSA) is 24.7 Å². The third-order valence-corrected chi connectivity index (χ3v) is 6.34. The Bertz CT molecular complexity index is 591. The summed E-state index contributed by atoms with van der Waals surface area (Å²) in [7, 11) is 0. The summed E-state index contributed by atoms with van der Waals surface area (Å²) in [5.41, 5.74) is 1.28. The molecule has 0 radical (unpaired) electrons. The fourth-order valence-electron chi connectivity index (χ4n) is 4.82. The maximum atomic E-state index is 4.86. The average molecular weight is 252 g/mol. The fourth-order valence-corrected chi connectivity index (χ4v) is 4.82. The van der Waals surface area contributed by atoms with Crippen molar-refractivity contribution in [2.45, 2.75) is 38.3 Å². The highest BCUT2D eigenvalue weighted by molar-refractivity contribution is 5.45. The molecule has 2 nitrogen and oxygen atoms in total. The second-order valence-corrected chi connectivity index (χ2v) is 6.60. The number of hydrogen-bond acceptors (Lipinski definition) is 2. The summed E-state index contributed by atoms with van der Waals surface area (Å²) in [6, 6.07) is 10.8. The van der Waals surface area contributed by atoms with Gasteiger partial charge in [0.1, 0.15) is 5.54 Å². The lowest BCUT2D eigenvalue weighted by Gasteiger charge is -2.41. The Kier molecular flexibility index (Phi) is 1.90. The van der Waals surface area contributed by atoms with Gasteiger partial charge in [0, 0.05) is 17.3 Å². The summed E-state index contributed by atoms with van der Waals surface area (Å²) >= 11 is 0. The lowest BCUT2D eigenvalue weighted by Crippen LogP contribution is -2.45. The van der Waals surface area contributed by atoms with Crippen molar-refractivity contribution in [3.8, 4) is 0 Å². The molecule has 1 aliphatic heterocycles. The molecular formula is C17H20N2. The molecule has 1 fully saturated rings. The minimum absolute atomic E-state index is 0.0307. The minimum Gasteiger partial charge on any atom is -0.185 e. The van der Waals surface area contributed by atoms with E-state index in [9.17, 15) is 0 Å². The van der Waals surface area contributed by atoms with Gasteiger partial charge in [-0.2, -0.15) is 10.2 Å². The summed E-state index contributed by atoms with van der Waals surface area (Å²) < 4.78 is 0. The molecule has 4 rings (SSSR count). The average Bonchev–Trinajstić information content (AvgIpc) is 2.67. The van der Waals surface area contributed by atoms with Crippen LogP contribution in [0.4, 0.5) is 0 Å². The SMILES string of the molecule is CC[C@]1(C)[C@@]2(C)N=N[C@@]1(c1ccccc1)[C@H]1C=C[C@H]12. The molecule has 1 saturated carbocycles. The van der Waals surface area contributed by atoms with Gasteiger partial charge in [-0.15, -0.1) is 0 Å². The summed E-state index contributed by atoms with van der Waals surface area (Å²) in [6.45, 7) is 6.98. The van der Waals surface area contributed by atoms with Crippen molar-refractivity contribution in [1.82, 2.24) is 0 Å². The number of rotatable bonds is 2. The molecule has 0 spiro atoms. The van der Waals surface area contributed by atoms with Crippen molar-refractivity contribution in [1.29, 1.82) is 0 Å². The van der Waals surface area contributed by atoms with Crippen molar-refractivity contribution >= 4 is 0 Å². The molecule has 1 aromatic carbocycles. The third kappa shape index (κ3) is 0.926. The Morgan fingerprint density at radius 3 is 2.26 bits per heavy atom. The number of benzene rings is 1. The van der Waals surface area contributed by atoms with Crippen molar-refractivity contribution in [2.24, 2.45) is 27.5 Å². The van der Waals surface area contributed by atoms with Crippen LogP contribution in [-0.2, 0) is 5.54 Å². The van der Waals surface area contributed by atoms with E-state index in [0.717, 1.165) is 6.42 Å². The highest BCUT2D eigenvalue weighted by Crippen LogP contribution is 2.74. The van der Waals surface area contributed by atoms with Crippen LogP contribution in [0.3, 0.4) is 0 Å². The van der Waals surface area contributed by atoms with Gasteiger partial charge in [0.25, 0.3) is 0 Å². The molecule has 0 unspecified atom stereocenters. The van der Waals surface area contributed by atoms with Crippen molar-refractivity contribution in [3.05, 3.63) is 48.0 Å². The van der Waals surface area contributed by atoms with Crippen LogP contribution in [-0.4, -0.2) is 5.54 Å². The first kappa shape index (κ1) is 11.4. The summed E-state index contributed by atoms with van der Waals surface area (Å²) in [4.78, 5) is 0. The van der Waals surface area contributed by atoms with Gasteiger partial charge in [-0.25, -0.2) is 0 Å². The predicted molar refractivity (Wildman–Crippen MR) is 75.9 cm³/mol. The molecule has 2 bridgehead atoms. The highest BCUT2D eigenvalue weighted by atomic mass is 15.3. The normalized spacial score (nSPS) is 49.2. The van der Waals surface area contributed by atoms with Crippen LogP contribution in [0.15, 0.2) is 52.7 Å². The fraction of sp³-hybridized carbons (Fsp3) is 0.529. The van der Waals surface area contributed by atoms with E-state index in [1.54, 1.807) is 0 Å². The Morgan fingerprint density at radius 1 is 1.00 bits per heavy atom. The molecule has 98 valence electrons. The van der Waals surface area contributed by atoms with Crippen molar-refractivity contribution < 1.29 is 0 Å². The Morgan fingerprint density at radius 2 is 1.68 bits per heavy atom. The standard InChI is InChI=1S/C17H20N2/c1-4-15(2)16(3)13-10-11-14(13)17(15,19-18-16)12-8-6-5-7-9-12/h5-11,13-14H,4H2,1-3H3/t13-,14+,15-,16+,17+/m1/s1. The molecule has 1 aromatic rings. The van der Waals surface area contributed by atoms with E-state index in [1.165, 1.54) is 5.56 Å². The Hall–Kier alpha value is -1.44. The van der Waals surface area contributed by atoms with Gasteiger partial charge in [0.2, 0.25) is 0 Å². The van der Waals surface area contributed by atoms with Crippen LogP contribution < -0.4 is 0 Å². The maximum Gasteiger partial charge on any atom is 0.121 e. The third-order valence-electron chi connectivity index (χ3n) is 6.34. The summed E-state index contributed by atoms with van der Waals surface area (Å²) in [5, 5.41) is 9.62. The molecule has 19 heavy (non-hydrogen) atoms. The lowest BCUT2D eigenvalue weighted by molar-refractivity contribution is 0.138. The van der Waals surface area contributed by atoms with Crippen LogP contribution in [0.2, 0.25) is 0 Å². The van der Waals surface area contributed by atoms with Crippen molar-refractivity contribution in [3.63, 3.8) is 0 Å². The summed E-state index contributed by atoms with van der Waals surface area (Å²) in [5.74, 6) is 1.09. The van der Waals surface area contributed by atoms with Gasteiger partial charge in [-0.1, -0.05) is 56.3 Å². The zero-order valence-corrected chi connectivity index (χ0v) is 11.8. The Labute approximate surface area is 114 Å². The van der Waals surface area contributed by atoms with Crippen LogP contribution in [0.25, 0.3) is 0 Å². The molecular weight excluding hydrogens is 232 g/mol. The quantitative estimate of drug-likeness (QED) is 0.700. The Balaban J connectivity index is 2.00. The van der Waals surface area contributed by atoms with Gasteiger partial charge < -0.3 is 0 Å². The van der Waals surface area contributed by atoms with E-state index in [0.29, 0.717) is 11.8 Å². The van der Waals surface area contributed by atoms with E-state index in [-0.39, 0.29) is 16.5 Å². The molecule has 0 saturated heterocycles. The van der Waals surface area contributed by atoms with Crippen LogP contribution >= 0.6 is 0 Å². The van der Waals surface area contributed by atoms with Crippen molar-refractivity contribution in [2.75, 3.05) is 0 Å². The van der Waals surface area contributed by atoms with E-state index >= 15 is 0 Å². The van der Waals surface area contributed by atoms with Crippen LogP contribution in [0.1, 0.15) is 32.8 Å². The number of nitrogens with zero attached hydrogens (tertiary/aromatic N) is 2. The van der Waals surface area contributed by atoms with Gasteiger partial charge in [0.15, 0.2) is 0 Å². The second-order valence-electron chi connectivity index (χ2n) is 6.60. The molecule has 1 heterocycles. The molecule has 5 atom stereocenters. The van der Waals surface area contributed by atoms with Crippen LogP contribution in [0, 0.1) is 17.3 Å². The van der Waals surface area contributed by atoms with Crippen LogP contribution in [0.5, 0.6) is 0 Å². The monoisotopic (exact) mass is 252 g/mol. The zero-order chi connectivity index (χ0) is 13.3. The van der Waals surface area contributed by atoms with E-state index in [2.05, 4.69) is 63.3 Å². The van der Waals surface area contributed by atoms with Gasteiger partial charge >= 0.3 is 0 Å². The zero-order valence-electron chi connectivity index (χ0n) is 11.8. The first-order valence-electron chi connectivity index (χ1n) is 7.28. The largest absolute Gasteiger partial charge is 0.185 e. The molecule has 3 aliphatic rings. The first-order valence-corrected chi connectivity index (χ1v) is 7.28. The first-order chi connectivity index (χ1) is 9.10. The van der Waals surface area contributed by atoms with E-state index in [1.807, 2.05) is 0 Å². The second kappa shape index (κ2) is 3.17. The maximum absolute atomic E-state index is 4.86. The molecule has 2 heteroatoms. The lowest BCUT2D eigenvalue weighted by atomic mass is 9.62. The number of hydrogen-bond donors (Lipinski definition) is 0. The van der Waals surface area contributed by atoms with Gasteiger partial charge in [-0.05, 0) is 18.9 Å².